The highest BCUT2D eigenvalue weighted by Gasteiger charge is 2.24. The monoisotopic (exact) mass is 240 g/mol. The first-order valence-electron chi connectivity index (χ1n) is 4.78. The second-order valence-corrected chi connectivity index (χ2v) is 3.47. The average molecular weight is 240 g/mol. The Morgan fingerprint density at radius 1 is 1.41 bits per heavy atom. The third kappa shape index (κ3) is 3.33. The lowest BCUT2D eigenvalue weighted by Gasteiger charge is -2.12. The predicted octanol–water partition coefficient (Wildman–Crippen LogP) is -0.317. The fraction of sp³-hybridized carbons (Fsp3) is 0.300. The molecule has 0 saturated heterocycles. The van der Waals surface area contributed by atoms with E-state index in [-0.39, 0.29) is 5.69 Å². The molecule has 0 unspecified atom stereocenters. The molecule has 1 rings (SSSR count). The molecule has 0 radical (unpaired) electrons. The number of amides is 1. The van der Waals surface area contributed by atoms with Crippen molar-refractivity contribution >= 4 is 17.8 Å². The number of aryl methyl sites for hydroxylation is 1. The van der Waals surface area contributed by atoms with Gasteiger partial charge in [0.1, 0.15) is 11.7 Å². The Morgan fingerprint density at radius 2 is 2.06 bits per heavy atom. The van der Waals surface area contributed by atoms with E-state index in [9.17, 15) is 14.4 Å². The summed E-state index contributed by atoms with van der Waals surface area (Å²) in [7, 11) is 1.63. The van der Waals surface area contributed by atoms with Crippen molar-refractivity contribution in [2.75, 3.05) is 0 Å². The van der Waals surface area contributed by atoms with Crippen LogP contribution < -0.4 is 5.32 Å². The highest BCUT2D eigenvalue weighted by molar-refractivity contribution is 5.96. The summed E-state index contributed by atoms with van der Waals surface area (Å²) in [6, 6.07) is 1.70. The summed E-state index contributed by atoms with van der Waals surface area (Å²) in [6.45, 7) is 0. The van der Waals surface area contributed by atoms with Crippen LogP contribution in [-0.4, -0.2) is 38.7 Å². The molecule has 92 valence electrons. The van der Waals surface area contributed by atoms with Gasteiger partial charge in [-0.25, -0.2) is 4.79 Å². The Labute approximate surface area is 96.7 Å². The largest absolute Gasteiger partial charge is 0.481 e. The number of carbonyl (C=O) groups is 3. The van der Waals surface area contributed by atoms with Gasteiger partial charge in [0.2, 0.25) is 0 Å². The molecule has 0 fully saturated rings. The van der Waals surface area contributed by atoms with Gasteiger partial charge in [0, 0.05) is 13.2 Å². The van der Waals surface area contributed by atoms with Crippen molar-refractivity contribution in [3.8, 4) is 0 Å². The molecule has 0 aliphatic carbocycles. The van der Waals surface area contributed by atoms with Gasteiger partial charge in [-0.2, -0.15) is 0 Å². The number of nitrogens with one attached hydrogen (secondary N) is 1. The number of aromatic nitrogens is 1. The Balaban J connectivity index is 2.74. The maximum atomic E-state index is 11.6. The van der Waals surface area contributed by atoms with Crippen molar-refractivity contribution in [1.82, 2.24) is 9.88 Å². The molecule has 7 nitrogen and oxygen atoms in total. The second kappa shape index (κ2) is 5.15. The second-order valence-electron chi connectivity index (χ2n) is 3.47. The molecule has 1 heterocycles. The maximum Gasteiger partial charge on any atom is 0.326 e. The summed E-state index contributed by atoms with van der Waals surface area (Å²) < 4.78 is 1.51. The van der Waals surface area contributed by atoms with Gasteiger partial charge in [0.05, 0.1) is 6.42 Å². The van der Waals surface area contributed by atoms with Crippen molar-refractivity contribution in [1.29, 1.82) is 0 Å². The van der Waals surface area contributed by atoms with Crippen LogP contribution in [0.25, 0.3) is 0 Å². The van der Waals surface area contributed by atoms with Crippen LogP contribution in [0.1, 0.15) is 16.9 Å². The molecule has 0 spiro atoms. The first kappa shape index (κ1) is 12.8. The van der Waals surface area contributed by atoms with E-state index in [1.54, 1.807) is 19.3 Å². The Hall–Kier alpha value is -2.31. The lowest BCUT2D eigenvalue weighted by molar-refractivity contribution is -0.145. The molecule has 1 aromatic rings. The number of carboxylic acid groups (broad SMARTS) is 2. The molecule has 1 amide bonds. The zero-order chi connectivity index (χ0) is 13.0. The summed E-state index contributed by atoms with van der Waals surface area (Å²) in [6.07, 6.45) is 0.966. The fourth-order valence-electron chi connectivity index (χ4n) is 1.30. The predicted molar refractivity (Wildman–Crippen MR) is 56.6 cm³/mol. The number of aliphatic carboxylic acids is 2. The molecular formula is C10H12N2O5. The normalized spacial score (nSPS) is 11.8. The van der Waals surface area contributed by atoms with Gasteiger partial charge >= 0.3 is 11.9 Å². The van der Waals surface area contributed by atoms with Gasteiger partial charge in [-0.05, 0) is 12.1 Å². The molecule has 0 aliphatic heterocycles. The van der Waals surface area contributed by atoms with Crippen LogP contribution in [0.3, 0.4) is 0 Å². The van der Waals surface area contributed by atoms with Crippen LogP contribution >= 0.6 is 0 Å². The number of nitrogens with zero attached hydrogens (tertiary/aromatic N) is 1. The fourth-order valence-corrected chi connectivity index (χ4v) is 1.30. The highest BCUT2D eigenvalue weighted by Crippen LogP contribution is 2.01. The quantitative estimate of drug-likeness (QED) is 0.653. The number of carboxylic acids is 2. The summed E-state index contributed by atoms with van der Waals surface area (Å²) in [5.41, 5.74) is 0.265. The van der Waals surface area contributed by atoms with Gasteiger partial charge in [-0.15, -0.1) is 0 Å². The van der Waals surface area contributed by atoms with Crippen molar-refractivity contribution < 1.29 is 24.6 Å². The molecule has 0 bridgehead atoms. The van der Waals surface area contributed by atoms with Crippen molar-refractivity contribution in [2.24, 2.45) is 7.05 Å². The number of hydrogen-bond acceptors (Lipinski definition) is 3. The van der Waals surface area contributed by atoms with Gasteiger partial charge in [0.25, 0.3) is 5.91 Å². The molecule has 0 aliphatic rings. The first-order chi connectivity index (χ1) is 7.91. The molecule has 1 aromatic heterocycles. The van der Waals surface area contributed by atoms with E-state index < -0.39 is 30.3 Å². The summed E-state index contributed by atoms with van der Waals surface area (Å²) in [5, 5.41) is 19.4. The van der Waals surface area contributed by atoms with Gasteiger partial charge < -0.3 is 20.1 Å². The summed E-state index contributed by atoms with van der Waals surface area (Å²) in [4.78, 5) is 32.8. The van der Waals surface area contributed by atoms with Crippen LogP contribution in [0.5, 0.6) is 0 Å². The number of hydrogen-bond donors (Lipinski definition) is 3. The minimum Gasteiger partial charge on any atom is -0.481 e. The SMILES string of the molecule is Cn1cccc1C(=O)N[C@H](CC(=O)O)C(=O)O. The third-order valence-electron chi connectivity index (χ3n) is 2.16. The van der Waals surface area contributed by atoms with E-state index in [0.29, 0.717) is 0 Å². The molecule has 7 heteroatoms. The molecule has 17 heavy (non-hydrogen) atoms. The van der Waals surface area contributed by atoms with Gasteiger partial charge in [0.15, 0.2) is 0 Å². The van der Waals surface area contributed by atoms with E-state index in [4.69, 9.17) is 10.2 Å². The molecule has 3 N–H and O–H groups in total. The minimum atomic E-state index is -1.44. The van der Waals surface area contributed by atoms with Crippen LogP contribution in [0.15, 0.2) is 18.3 Å². The van der Waals surface area contributed by atoms with E-state index >= 15 is 0 Å². The third-order valence-corrected chi connectivity index (χ3v) is 2.16. The van der Waals surface area contributed by atoms with E-state index in [1.165, 1.54) is 10.6 Å². The van der Waals surface area contributed by atoms with E-state index in [0.717, 1.165) is 0 Å². The standard InChI is InChI=1S/C10H12N2O5/c1-12-4-2-3-7(12)9(15)11-6(10(16)17)5-8(13)14/h2-4,6H,5H2,1H3,(H,11,15)(H,13,14)(H,16,17)/t6-/m1/s1. The van der Waals surface area contributed by atoms with Crippen molar-refractivity contribution in [2.45, 2.75) is 12.5 Å². The Bertz CT molecular complexity index is 451. The number of rotatable bonds is 5. The van der Waals surface area contributed by atoms with Gasteiger partial charge in [-0.3, -0.25) is 9.59 Å². The average Bonchev–Trinajstić information content (AvgIpc) is 2.62. The van der Waals surface area contributed by atoms with Gasteiger partial charge in [-0.1, -0.05) is 0 Å². The zero-order valence-electron chi connectivity index (χ0n) is 9.08. The Morgan fingerprint density at radius 3 is 2.47 bits per heavy atom. The van der Waals surface area contributed by atoms with Crippen LogP contribution in [0.4, 0.5) is 0 Å². The first-order valence-corrected chi connectivity index (χ1v) is 4.78. The van der Waals surface area contributed by atoms with Crippen LogP contribution in [-0.2, 0) is 16.6 Å². The topological polar surface area (TPSA) is 109 Å². The lowest BCUT2D eigenvalue weighted by atomic mass is 10.2. The highest BCUT2D eigenvalue weighted by atomic mass is 16.4. The van der Waals surface area contributed by atoms with Crippen LogP contribution in [0, 0.1) is 0 Å². The van der Waals surface area contributed by atoms with Crippen molar-refractivity contribution in [3.63, 3.8) is 0 Å². The van der Waals surface area contributed by atoms with E-state index in [2.05, 4.69) is 5.32 Å². The minimum absolute atomic E-state index is 0.265. The van der Waals surface area contributed by atoms with Crippen molar-refractivity contribution in [3.05, 3.63) is 24.0 Å². The van der Waals surface area contributed by atoms with Crippen LogP contribution in [0.2, 0.25) is 0 Å². The summed E-state index contributed by atoms with van der Waals surface area (Å²) in [5.74, 6) is -3.29. The smallest absolute Gasteiger partial charge is 0.326 e. The van der Waals surface area contributed by atoms with E-state index in [1.807, 2.05) is 0 Å². The Kier molecular flexibility index (Phi) is 3.86. The molecule has 0 saturated carbocycles. The summed E-state index contributed by atoms with van der Waals surface area (Å²) >= 11 is 0. The number of carbonyl (C=O) groups excluding carboxylic acids is 1. The lowest BCUT2D eigenvalue weighted by Crippen LogP contribution is -2.42. The molecule has 1 atom stereocenters. The molecular weight excluding hydrogens is 228 g/mol. The zero-order valence-corrected chi connectivity index (χ0v) is 9.08. The maximum absolute atomic E-state index is 11.6. The molecule has 0 aromatic carbocycles.